The van der Waals surface area contributed by atoms with Gasteiger partial charge in [0, 0.05) is 11.7 Å². The molecule has 1 aromatic carbocycles. The van der Waals surface area contributed by atoms with E-state index >= 15 is 0 Å². The first-order valence-corrected chi connectivity index (χ1v) is 11.6. The highest BCUT2D eigenvalue weighted by Gasteiger charge is 2.52. The lowest BCUT2D eigenvalue weighted by Crippen LogP contribution is -2.41. The fraction of sp³-hybridized carbons (Fsp3) is 0.450. The smallest absolute Gasteiger partial charge is 0.473 e. The Morgan fingerprint density at radius 2 is 1.77 bits per heavy atom. The van der Waals surface area contributed by atoms with Gasteiger partial charge in [0.05, 0.1) is 22.3 Å². The van der Waals surface area contributed by atoms with E-state index in [1.165, 1.54) is 6.20 Å². The number of nitrogens with zero attached hydrogens (tertiary/aromatic N) is 1. The molecule has 0 radical (unpaired) electrons. The van der Waals surface area contributed by atoms with Crippen LogP contribution in [0.15, 0.2) is 35.4 Å². The fourth-order valence-corrected chi connectivity index (χ4v) is 4.44. The maximum Gasteiger partial charge on any atom is 0.496 e. The molecular formula is C20H25BClFN2O5S. The largest absolute Gasteiger partial charge is 0.496 e. The second kappa shape index (κ2) is 8.24. The van der Waals surface area contributed by atoms with Crippen molar-refractivity contribution in [3.05, 3.63) is 41.3 Å². The lowest BCUT2D eigenvalue weighted by atomic mass is 9.80. The molecule has 168 valence electrons. The molecule has 0 spiro atoms. The Kier molecular flexibility index (Phi) is 6.32. The number of rotatable bonds is 6. The molecule has 2 heterocycles. The summed E-state index contributed by atoms with van der Waals surface area (Å²) in [5.41, 5.74) is -0.558. The van der Waals surface area contributed by atoms with Gasteiger partial charge in [-0.3, -0.25) is 4.72 Å². The number of hydrogen-bond acceptors (Lipinski definition) is 6. The van der Waals surface area contributed by atoms with Crippen LogP contribution in [0.3, 0.4) is 0 Å². The average Bonchev–Trinajstić information content (AvgIpc) is 2.83. The molecule has 1 aliphatic rings. The molecule has 0 unspecified atom stereocenters. The summed E-state index contributed by atoms with van der Waals surface area (Å²) in [5, 5.41) is -0.242. The molecular weight excluding hydrogens is 446 g/mol. The van der Waals surface area contributed by atoms with Crippen LogP contribution < -0.4 is 14.9 Å². The summed E-state index contributed by atoms with van der Waals surface area (Å²) < 4.78 is 59.4. The Labute approximate surface area is 187 Å². The molecule has 0 atom stereocenters. The third-order valence-electron chi connectivity index (χ3n) is 5.17. The van der Waals surface area contributed by atoms with Crippen LogP contribution in [0, 0.1) is 5.82 Å². The van der Waals surface area contributed by atoms with Crippen molar-refractivity contribution in [3.63, 3.8) is 0 Å². The third kappa shape index (κ3) is 4.97. The average molecular weight is 471 g/mol. The molecule has 3 rings (SSSR count). The first-order chi connectivity index (χ1) is 14.2. The Bertz CT molecular complexity index is 1080. The van der Waals surface area contributed by atoms with E-state index in [0.29, 0.717) is 5.46 Å². The highest BCUT2D eigenvalue weighted by molar-refractivity contribution is 7.92. The lowest BCUT2D eigenvalue weighted by Gasteiger charge is -2.32. The van der Waals surface area contributed by atoms with Gasteiger partial charge in [-0.1, -0.05) is 11.6 Å². The summed E-state index contributed by atoms with van der Waals surface area (Å²) >= 11 is 5.96. The van der Waals surface area contributed by atoms with E-state index < -0.39 is 34.2 Å². The topological polar surface area (TPSA) is 86.8 Å². The Hall–Kier alpha value is -1.88. The summed E-state index contributed by atoms with van der Waals surface area (Å²) in [6.07, 6.45) is 1.26. The highest BCUT2D eigenvalue weighted by atomic mass is 35.5. The van der Waals surface area contributed by atoms with Gasteiger partial charge < -0.3 is 14.0 Å². The summed E-state index contributed by atoms with van der Waals surface area (Å²) in [5.74, 6) is -0.561. The molecule has 7 nitrogen and oxygen atoms in total. The normalized spacial score (nSPS) is 17.8. The first-order valence-electron chi connectivity index (χ1n) is 9.72. The number of aromatic nitrogens is 1. The molecule has 1 fully saturated rings. The minimum Gasteiger partial charge on any atom is -0.473 e. The van der Waals surface area contributed by atoms with Gasteiger partial charge >= 0.3 is 7.12 Å². The number of hydrogen-bond donors (Lipinski definition) is 1. The van der Waals surface area contributed by atoms with Gasteiger partial charge in [0.25, 0.3) is 10.0 Å². The number of halogens is 2. The van der Waals surface area contributed by atoms with Crippen molar-refractivity contribution in [2.24, 2.45) is 0 Å². The van der Waals surface area contributed by atoms with Crippen LogP contribution >= 0.6 is 11.6 Å². The quantitative estimate of drug-likeness (QED) is 0.647. The summed E-state index contributed by atoms with van der Waals surface area (Å²) in [4.78, 5) is 4.00. The van der Waals surface area contributed by atoms with Crippen molar-refractivity contribution < 1.29 is 26.9 Å². The molecule has 0 bridgehead atoms. The van der Waals surface area contributed by atoms with Gasteiger partial charge in [-0.05, 0) is 65.8 Å². The second-order valence-corrected chi connectivity index (χ2v) is 10.6. The van der Waals surface area contributed by atoms with Crippen molar-refractivity contribution in [2.45, 2.75) is 63.7 Å². The fourth-order valence-electron chi connectivity index (χ4n) is 2.86. The third-order valence-corrected chi connectivity index (χ3v) is 7.02. The molecule has 1 aliphatic heterocycles. The highest BCUT2D eigenvalue weighted by Crippen LogP contribution is 2.37. The number of pyridine rings is 1. The zero-order valence-electron chi connectivity index (χ0n) is 18.2. The zero-order valence-corrected chi connectivity index (χ0v) is 19.8. The van der Waals surface area contributed by atoms with Crippen LogP contribution in [0.5, 0.6) is 5.88 Å². The van der Waals surface area contributed by atoms with Gasteiger partial charge in [0.1, 0.15) is 16.4 Å². The van der Waals surface area contributed by atoms with E-state index in [2.05, 4.69) is 9.71 Å². The van der Waals surface area contributed by atoms with Crippen LogP contribution in [-0.2, 0) is 19.3 Å². The maximum absolute atomic E-state index is 13.4. The van der Waals surface area contributed by atoms with Gasteiger partial charge in [-0.2, -0.15) is 0 Å². The van der Waals surface area contributed by atoms with E-state index in [1.54, 1.807) is 19.9 Å². The van der Waals surface area contributed by atoms with Gasteiger partial charge in [0.15, 0.2) is 0 Å². The van der Waals surface area contributed by atoms with Crippen LogP contribution in [-0.4, -0.2) is 37.8 Å². The van der Waals surface area contributed by atoms with Gasteiger partial charge in [-0.15, -0.1) is 0 Å². The van der Waals surface area contributed by atoms with Gasteiger partial charge in [0.2, 0.25) is 5.88 Å². The van der Waals surface area contributed by atoms with E-state index in [9.17, 15) is 12.8 Å². The van der Waals surface area contributed by atoms with Crippen LogP contribution in [0.1, 0.15) is 41.5 Å². The van der Waals surface area contributed by atoms with E-state index in [1.807, 2.05) is 27.7 Å². The minimum atomic E-state index is -4.16. The Morgan fingerprint density at radius 1 is 1.16 bits per heavy atom. The Morgan fingerprint density at radius 3 is 2.32 bits per heavy atom. The van der Waals surface area contributed by atoms with Crippen molar-refractivity contribution in [1.29, 1.82) is 0 Å². The maximum atomic E-state index is 13.4. The molecule has 0 aliphatic carbocycles. The van der Waals surface area contributed by atoms with Crippen molar-refractivity contribution >= 4 is 39.9 Å². The summed E-state index contributed by atoms with van der Waals surface area (Å²) in [6, 6.07) is 4.59. The molecule has 2 aromatic rings. The van der Waals surface area contributed by atoms with E-state index in [4.69, 9.17) is 25.6 Å². The predicted octanol–water partition coefficient (Wildman–Crippen LogP) is 3.76. The monoisotopic (exact) mass is 470 g/mol. The number of sulfonamides is 1. The van der Waals surface area contributed by atoms with Crippen molar-refractivity contribution in [2.75, 3.05) is 4.72 Å². The molecule has 11 heteroatoms. The number of benzene rings is 1. The standard InChI is InChI=1S/C20H25BClFN2O5S/c1-12(2)28-18-16(25-31(26,27)17-8-7-14(23)10-15(17)22)9-13(11-24-18)21-29-19(3,4)20(5,6)30-21/h7-12,25H,1-6H3. The van der Waals surface area contributed by atoms with E-state index in [-0.39, 0.29) is 27.6 Å². The molecule has 1 aromatic heterocycles. The number of ether oxygens (including phenoxy) is 1. The lowest BCUT2D eigenvalue weighted by molar-refractivity contribution is 0.00578. The number of nitrogens with one attached hydrogen (secondary N) is 1. The van der Waals surface area contributed by atoms with Crippen molar-refractivity contribution in [3.8, 4) is 5.88 Å². The molecule has 1 saturated heterocycles. The summed E-state index contributed by atoms with van der Waals surface area (Å²) in [7, 11) is -4.90. The van der Waals surface area contributed by atoms with Crippen LogP contribution in [0.4, 0.5) is 10.1 Å². The Balaban J connectivity index is 2.00. The first kappa shape index (κ1) is 23.8. The zero-order chi connectivity index (χ0) is 23.2. The molecule has 1 N–H and O–H groups in total. The van der Waals surface area contributed by atoms with Gasteiger partial charge in [-0.25, -0.2) is 17.8 Å². The minimum absolute atomic E-state index is 0.0806. The molecule has 0 saturated carbocycles. The summed E-state index contributed by atoms with van der Waals surface area (Å²) in [6.45, 7) is 11.2. The molecule has 0 amide bonds. The van der Waals surface area contributed by atoms with Crippen molar-refractivity contribution in [1.82, 2.24) is 4.98 Å². The molecule has 31 heavy (non-hydrogen) atoms. The SMILES string of the molecule is CC(C)Oc1ncc(B2OC(C)(C)C(C)(C)O2)cc1NS(=O)(=O)c1ccc(F)cc1Cl. The predicted molar refractivity (Wildman–Crippen MR) is 118 cm³/mol. The number of anilines is 1. The van der Waals surface area contributed by atoms with E-state index in [0.717, 1.165) is 18.2 Å². The second-order valence-electron chi connectivity index (χ2n) is 8.56. The van der Waals surface area contributed by atoms with Crippen LogP contribution in [0.25, 0.3) is 0 Å². The van der Waals surface area contributed by atoms with Crippen LogP contribution in [0.2, 0.25) is 5.02 Å².